The molecule has 1 aromatic carbocycles. The van der Waals surface area contributed by atoms with E-state index in [1.54, 1.807) is 0 Å². The third kappa shape index (κ3) is 2.64. The molecule has 2 heteroatoms. The van der Waals surface area contributed by atoms with Crippen LogP contribution >= 0.6 is 11.3 Å². The van der Waals surface area contributed by atoms with Crippen molar-refractivity contribution >= 4 is 17.6 Å². The minimum Gasteiger partial charge on any atom is -0.297 e. The maximum Gasteiger partial charge on any atom is 0.160 e. The van der Waals surface area contributed by atoms with Crippen LogP contribution in [0.3, 0.4) is 0 Å². The number of benzene rings is 1. The molecule has 0 radical (unpaired) electrons. The minimum atomic E-state index is 0.182. The second-order valence-corrected chi connectivity index (χ2v) is 6.13. The summed E-state index contributed by atoms with van der Waals surface area (Å²) in [6.45, 7) is 6.62. The zero-order valence-electron chi connectivity index (χ0n) is 10.4. The molecular formula is C15H16OS. The summed E-state index contributed by atoms with van der Waals surface area (Å²) in [6, 6.07) is 10.5. The summed E-state index contributed by atoms with van der Waals surface area (Å²) < 4.78 is 0. The second-order valence-electron chi connectivity index (χ2n) is 5.18. The number of hydrogen-bond donors (Lipinski definition) is 0. The molecule has 2 rings (SSSR count). The van der Waals surface area contributed by atoms with Gasteiger partial charge < -0.3 is 0 Å². The van der Waals surface area contributed by atoms with Crippen molar-refractivity contribution in [3.63, 3.8) is 0 Å². The van der Waals surface area contributed by atoms with Gasteiger partial charge in [0.15, 0.2) is 6.29 Å². The van der Waals surface area contributed by atoms with Gasteiger partial charge in [0.2, 0.25) is 0 Å². The van der Waals surface area contributed by atoms with Crippen LogP contribution < -0.4 is 0 Å². The van der Waals surface area contributed by atoms with Gasteiger partial charge in [-0.2, -0.15) is 0 Å². The van der Waals surface area contributed by atoms with Gasteiger partial charge in [0.1, 0.15) is 0 Å². The zero-order valence-corrected chi connectivity index (χ0v) is 11.2. The van der Waals surface area contributed by atoms with Crippen LogP contribution in [0.15, 0.2) is 35.7 Å². The molecule has 0 bridgehead atoms. The Hall–Kier alpha value is -1.41. The molecule has 0 saturated heterocycles. The highest BCUT2D eigenvalue weighted by Crippen LogP contribution is 2.28. The van der Waals surface area contributed by atoms with Crippen molar-refractivity contribution in [2.45, 2.75) is 26.2 Å². The van der Waals surface area contributed by atoms with E-state index in [0.717, 1.165) is 16.7 Å². The molecule has 1 nitrogen and oxygen atoms in total. The molecule has 88 valence electrons. The van der Waals surface area contributed by atoms with Crippen LogP contribution in [-0.2, 0) is 5.41 Å². The Labute approximate surface area is 106 Å². The molecule has 0 fully saturated rings. The van der Waals surface area contributed by atoms with Crippen LogP contribution in [0, 0.1) is 0 Å². The summed E-state index contributed by atoms with van der Waals surface area (Å²) in [7, 11) is 0. The van der Waals surface area contributed by atoms with Crippen molar-refractivity contribution < 1.29 is 4.79 Å². The van der Waals surface area contributed by atoms with Gasteiger partial charge in [-0.25, -0.2) is 0 Å². The molecule has 1 aromatic heterocycles. The van der Waals surface area contributed by atoms with Crippen LogP contribution in [0.2, 0.25) is 0 Å². The van der Waals surface area contributed by atoms with Crippen LogP contribution in [0.25, 0.3) is 11.1 Å². The summed E-state index contributed by atoms with van der Waals surface area (Å²) in [5.74, 6) is 0. The lowest BCUT2D eigenvalue weighted by Gasteiger charge is -2.19. The molecule has 0 amide bonds. The number of carbonyl (C=O) groups excluding carboxylic acids is 1. The van der Waals surface area contributed by atoms with Gasteiger partial charge in [-0.3, -0.25) is 4.79 Å². The Bertz CT molecular complexity index is 515. The number of aldehydes is 1. The monoisotopic (exact) mass is 244 g/mol. The average molecular weight is 244 g/mol. The third-order valence-corrected chi connectivity index (χ3v) is 3.68. The minimum absolute atomic E-state index is 0.182. The standard InChI is InChI=1S/C15H16OS/c1-15(2,3)13-6-4-11(5-7-13)12-8-14(9-16)17-10-12/h4-10H,1-3H3. The summed E-state index contributed by atoms with van der Waals surface area (Å²) in [6.07, 6.45) is 0.900. The zero-order chi connectivity index (χ0) is 12.5. The van der Waals surface area contributed by atoms with Gasteiger partial charge >= 0.3 is 0 Å². The van der Waals surface area contributed by atoms with Crippen molar-refractivity contribution in [2.75, 3.05) is 0 Å². The van der Waals surface area contributed by atoms with Gasteiger partial charge in [-0.05, 0) is 33.6 Å². The topological polar surface area (TPSA) is 17.1 Å². The van der Waals surface area contributed by atoms with Crippen LogP contribution in [0.1, 0.15) is 36.0 Å². The normalized spacial score (nSPS) is 11.5. The van der Waals surface area contributed by atoms with Crippen LogP contribution in [0.5, 0.6) is 0 Å². The molecule has 1 heterocycles. The van der Waals surface area contributed by atoms with E-state index in [1.807, 2.05) is 11.4 Å². The van der Waals surface area contributed by atoms with Gasteiger partial charge in [-0.1, -0.05) is 45.0 Å². The molecule has 17 heavy (non-hydrogen) atoms. The Morgan fingerprint density at radius 1 is 1.06 bits per heavy atom. The predicted molar refractivity (Wildman–Crippen MR) is 73.8 cm³/mol. The number of hydrogen-bond acceptors (Lipinski definition) is 2. The van der Waals surface area contributed by atoms with Gasteiger partial charge in [0.05, 0.1) is 4.88 Å². The number of rotatable bonds is 2. The predicted octanol–water partition coefficient (Wildman–Crippen LogP) is 4.53. The Balaban J connectivity index is 2.32. The van der Waals surface area contributed by atoms with E-state index in [4.69, 9.17) is 0 Å². The lowest BCUT2D eigenvalue weighted by atomic mass is 9.86. The average Bonchev–Trinajstić information content (AvgIpc) is 2.76. The number of thiophene rings is 1. The highest BCUT2D eigenvalue weighted by Gasteiger charge is 2.13. The SMILES string of the molecule is CC(C)(C)c1ccc(-c2csc(C=O)c2)cc1. The molecule has 0 aliphatic heterocycles. The smallest absolute Gasteiger partial charge is 0.160 e. The Morgan fingerprint density at radius 3 is 2.18 bits per heavy atom. The highest BCUT2D eigenvalue weighted by atomic mass is 32.1. The first-order valence-corrected chi connectivity index (χ1v) is 6.53. The van der Waals surface area contributed by atoms with Crippen LogP contribution in [0.4, 0.5) is 0 Å². The quantitative estimate of drug-likeness (QED) is 0.710. The molecule has 0 aliphatic carbocycles. The van der Waals surface area contributed by atoms with Crippen molar-refractivity contribution in [1.29, 1.82) is 0 Å². The van der Waals surface area contributed by atoms with Crippen molar-refractivity contribution in [2.24, 2.45) is 0 Å². The summed E-state index contributed by atoms with van der Waals surface area (Å²) in [4.78, 5) is 11.4. The van der Waals surface area contributed by atoms with E-state index in [9.17, 15) is 4.79 Å². The summed E-state index contributed by atoms with van der Waals surface area (Å²) in [5.41, 5.74) is 3.80. The lowest BCUT2D eigenvalue weighted by molar-refractivity contribution is 0.112. The first-order valence-electron chi connectivity index (χ1n) is 5.65. The largest absolute Gasteiger partial charge is 0.297 e. The maximum absolute atomic E-state index is 10.6. The fourth-order valence-corrected chi connectivity index (χ4v) is 2.45. The Morgan fingerprint density at radius 2 is 1.71 bits per heavy atom. The fourth-order valence-electron chi connectivity index (χ4n) is 1.73. The molecule has 0 atom stereocenters. The molecular weight excluding hydrogens is 228 g/mol. The molecule has 0 spiro atoms. The lowest BCUT2D eigenvalue weighted by Crippen LogP contribution is -2.10. The fraction of sp³-hybridized carbons (Fsp3) is 0.267. The molecule has 2 aromatic rings. The first kappa shape index (κ1) is 12.1. The Kier molecular flexibility index (Phi) is 3.16. The van der Waals surface area contributed by atoms with E-state index < -0.39 is 0 Å². The van der Waals surface area contributed by atoms with E-state index in [-0.39, 0.29) is 5.41 Å². The van der Waals surface area contributed by atoms with Gasteiger partial charge in [0, 0.05) is 0 Å². The third-order valence-electron chi connectivity index (χ3n) is 2.82. The first-order chi connectivity index (χ1) is 8.00. The second kappa shape index (κ2) is 4.46. The highest BCUT2D eigenvalue weighted by molar-refractivity contribution is 7.12. The van der Waals surface area contributed by atoms with E-state index >= 15 is 0 Å². The van der Waals surface area contributed by atoms with Crippen LogP contribution in [-0.4, -0.2) is 6.29 Å². The van der Waals surface area contributed by atoms with Crippen molar-refractivity contribution in [1.82, 2.24) is 0 Å². The molecule has 0 aliphatic rings. The van der Waals surface area contributed by atoms with Gasteiger partial charge in [0.25, 0.3) is 0 Å². The van der Waals surface area contributed by atoms with E-state index in [2.05, 4.69) is 45.0 Å². The summed E-state index contributed by atoms with van der Waals surface area (Å²) >= 11 is 1.49. The maximum atomic E-state index is 10.6. The molecule has 0 saturated carbocycles. The van der Waals surface area contributed by atoms with Gasteiger partial charge in [-0.15, -0.1) is 11.3 Å². The number of carbonyl (C=O) groups is 1. The van der Waals surface area contributed by atoms with E-state index in [1.165, 1.54) is 22.5 Å². The van der Waals surface area contributed by atoms with Crippen molar-refractivity contribution in [3.8, 4) is 11.1 Å². The molecule has 0 N–H and O–H groups in total. The van der Waals surface area contributed by atoms with E-state index in [0.29, 0.717) is 0 Å². The summed E-state index contributed by atoms with van der Waals surface area (Å²) in [5, 5.41) is 2.02. The van der Waals surface area contributed by atoms with Crippen molar-refractivity contribution in [3.05, 3.63) is 46.2 Å². The molecule has 0 unspecified atom stereocenters.